The van der Waals surface area contributed by atoms with Crippen LogP contribution in [0.25, 0.3) is 0 Å². The number of likely N-dealkylation sites (tertiary alicyclic amines) is 1. The zero-order chi connectivity index (χ0) is 18.0. The average molecular weight is 489 g/mol. The van der Waals surface area contributed by atoms with Crippen molar-refractivity contribution < 1.29 is 0 Å². The summed E-state index contributed by atoms with van der Waals surface area (Å²) in [6.07, 6.45) is 11.7. The number of nitrogens with one attached hydrogen (secondary N) is 2. The van der Waals surface area contributed by atoms with Gasteiger partial charge in [-0.1, -0.05) is 12.8 Å². The quantitative estimate of drug-likeness (QED) is 0.254. The van der Waals surface area contributed by atoms with Crippen molar-refractivity contribution in [3.05, 3.63) is 12.2 Å². The summed E-state index contributed by atoms with van der Waals surface area (Å²) in [5.74, 6) is 2.04. The first-order valence-corrected chi connectivity index (χ1v) is 10.5. The van der Waals surface area contributed by atoms with Crippen molar-refractivity contribution in [2.75, 3.05) is 32.7 Å². The van der Waals surface area contributed by atoms with E-state index in [-0.39, 0.29) is 24.0 Å². The summed E-state index contributed by atoms with van der Waals surface area (Å²) >= 11 is 0. The Kier molecular flexibility index (Phi) is 10.4. The zero-order valence-corrected chi connectivity index (χ0v) is 19.0. The fourth-order valence-corrected chi connectivity index (χ4v) is 3.87. The van der Waals surface area contributed by atoms with E-state index >= 15 is 0 Å². The van der Waals surface area contributed by atoms with E-state index in [0.29, 0.717) is 6.04 Å². The van der Waals surface area contributed by atoms with E-state index in [4.69, 9.17) is 4.99 Å². The number of hydrogen-bond donors (Lipinski definition) is 2. The maximum absolute atomic E-state index is 4.77. The minimum atomic E-state index is 0. The highest BCUT2D eigenvalue weighted by molar-refractivity contribution is 14.0. The second-order valence-electron chi connectivity index (χ2n) is 7.46. The van der Waals surface area contributed by atoms with E-state index in [1.165, 1.54) is 58.2 Å². The van der Waals surface area contributed by atoms with Crippen LogP contribution in [0, 0.1) is 0 Å². The second-order valence-corrected chi connectivity index (χ2v) is 7.46. The van der Waals surface area contributed by atoms with Gasteiger partial charge in [-0.3, -0.25) is 4.99 Å². The van der Waals surface area contributed by atoms with Gasteiger partial charge in [0.25, 0.3) is 0 Å². The summed E-state index contributed by atoms with van der Waals surface area (Å²) in [6, 6.07) is 0.376. The highest BCUT2D eigenvalue weighted by atomic mass is 127. The van der Waals surface area contributed by atoms with Gasteiger partial charge in [0.2, 0.25) is 0 Å². The Morgan fingerprint density at radius 3 is 2.89 bits per heavy atom. The van der Waals surface area contributed by atoms with E-state index in [1.54, 1.807) is 6.33 Å². The van der Waals surface area contributed by atoms with Gasteiger partial charge in [0, 0.05) is 25.6 Å². The van der Waals surface area contributed by atoms with Gasteiger partial charge in [-0.05, 0) is 58.7 Å². The van der Waals surface area contributed by atoms with Crippen LogP contribution < -0.4 is 10.6 Å². The molecule has 1 unspecified atom stereocenters. The lowest BCUT2D eigenvalue weighted by molar-refractivity contribution is 0.224. The van der Waals surface area contributed by atoms with Gasteiger partial charge in [-0.15, -0.1) is 24.0 Å². The Labute approximate surface area is 180 Å². The van der Waals surface area contributed by atoms with E-state index < -0.39 is 0 Å². The van der Waals surface area contributed by atoms with Gasteiger partial charge in [0.15, 0.2) is 5.96 Å². The average Bonchev–Trinajstić information content (AvgIpc) is 3.13. The van der Waals surface area contributed by atoms with Crippen LogP contribution in [0.4, 0.5) is 0 Å². The number of nitrogens with zero attached hydrogens (tertiary/aromatic N) is 5. The molecule has 0 saturated carbocycles. The summed E-state index contributed by atoms with van der Waals surface area (Å²) in [6.45, 7) is 8.66. The predicted octanol–water partition coefficient (Wildman–Crippen LogP) is 2.42. The first kappa shape index (κ1) is 22.4. The molecule has 27 heavy (non-hydrogen) atoms. The number of fused-ring (bicyclic) bond motifs is 1. The third-order valence-electron chi connectivity index (χ3n) is 5.34. The van der Waals surface area contributed by atoms with Crippen LogP contribution in [0.3, 0.4) is 0 Å². The van der Waals surface area contributed by atoms with E-state index in [0.717, 1.165) is 44.3 Å². The molecule has 0 aliphatic carbocycles. The molecule has 0 aromatic carbocycles. The fraction of sp³-hybridized carbons (Fsp3) is 0.842. The molecule has 0 spiro atoms. The number of piperidine rings is 1. The Bertz CT molecular complexity index is 554. The van der Waals surface area contributed by atoms with E-state index in [1.807, 2.05) is 4.68 Å². The largest absolute Gasteiger partial charge is 0.357 e. The maximum atomic E-state index is 4.77. The molecule has 2 N–H and O–H groups in total. The first-order valence-electron chi connectivity index (χ1n) is 10.5. The Hall–Kier alpha value is -0.900. The number of aryl methyl sites for hydroxylation is 1. The minimum Gasteiger partial charge on any atom is -0.357 e. The number of hydrogen-bond acceptors (Lipinski definition) is 4. The number of halogens is 1. The summed E-state index contributed by atoms with van der Waals surface area (Å²) in [7, 11) is 0. The normalized spacial score (nSPS) is 20.6. The number of aliphatic imine (C=N–C) groups is 1. The Balaban J connectivity index is 0.00000261. The van der Waals surface area contributed by atoms with Crippen LogP contribution in [-0.2, 0) is 13.0 Å². The maximum Gasteiger partial charge on any atom is 0.191 e. The molecule has 8 heteroatoms. The summed E-state index contributed by atoms with van der Waals surface area (Å²) in [5, 5.41) is 11.2. The van der Waals surface area contributed by atoms with Gasteiger partial charge < -0.3 is 15.5 Å². The molecule has 1 atom stereocenters. The van der Waals surface area contributed by atoms with Crippen molar-refractivity contribution in [3.8, 4) is 0 Å². The Morgan fingerprint density at radius 1 is 1.22 bits per heavy atom. The molecule has 0 bridgehead atoms. The monoisotopic (exact) mass is 489 g/mol. The molecule has 0 radical (unpaired) electrons. The molecule has 1 fully saturated rings. The Morgan fingerprint density at radius 2 is 2.07 bits per heavy atom. The summed E-state index contributed by atoms with van der Waals surface area (Å²) in [4.78, 5) is 11.7. The number of unbranched alkanes of at least 4 members (excludes halogenated alkanes) is 2. The number of guanidine groups is 1. The zero-order valence-electron chi connectivity index (χ0n) is 16.7. The van der Waals surface area contributed by atoms with Gasteiger partial charge in [0.05, 0.1) is 6.54 Å². The number of aromatic nitrogens is 3. The molecule has 154 valence electrons. The van der Waals surface area contributed by atoms with Crippen molar-refractivity contribution in [2.24, 2.45) is 4.99 Å². The third-order valence-corrected chi connectivity index (χ3v) is 5.34. The highest BCUT2D eigenvalue weighted by Gasteiger charge is 2.20. The van der Waals surface area contributed by atoms with Crippen LogP contribution in [0.2, 0.25) is 0 Å². The lowest BCUT2D eigenvalue weighted by Crippen LogP contribution is -2.47. The summed E-state index contributed by atoms with van der Waals surface area (Å²) < 4.78 is 2.01. The molecular weight excluding hydrogens is 453 g/mol. The van der Waals surface area contributed by atoms with Crippen LogP contribution in [-0.4, -0.2) is 64.4 Å². The third kappa shape index (κ3) is 7.56. The molecule has 7 nitrogen and oxygen atoms in total. The lowest BCUT2D eigenvalue weighted by Gasteiger charge is -2.26. The molecule has 1 aromatic heterocycles. The molecule has 3 heterocycles. The minimum absolute atomic E-state index is 0. The van der Waals surface area contributed by atoms with Crippen LogP contribution in [0.1, 0.15) is 57.7 Å². The molecule has 2 aliphatic rings. The van der Waals surface area contributed by atoms with Crippen molar-refractivity contribution in [1.29, 1.82) is 0 Å². The molecule has 3 rings (SSSR count). The number of rotatable bonds is 8. The molecular formula is C19H36IN7. The van der Waals surface area contributed by atoms with Gasteiger partial charge in [-0.2, -0.15) is 5.10 Å². The van der Waals surface area contributed by atoms with Gasteiger partial charge in [0.1, 0.15) is 12.2 Å². The van der Waals surface area contributed by atoms with Crippen molar-refractivity contribution in [2.45, 2.75) is 70.9 Å². The van der Waals surface area contributed by atoms with Crippen molar-refractivity contribution >= 4 is 29.9 Å². The first-order chi connectivity index (χ1) is 12.8. The lowest BCUT2D eigenvalue weighted by atomic mass is 10.1. The predicted molar refractivity (Wildman–Crippen MR) is 121 cm³/mol. The fourth-order valence-electron chi connectivity index (χ4n) is 3.87. The molecule has 2 aliphatic heterocycles. The highest BCUT2D eigenvalue weighted by Crippen LogP contribution is 2.12. The molecule has 1 saturated heterocycles. The van der Waals surface area contributed by atoms with Gasteiger partial charge in [-0.25, -0.2) is 9.67 Å². The standard InChI is InChI=1S/C19H35N7.HI/c1-2-20-19(24-17-9-10-18-22-16-23-26(18)15-17)21-11-5-3-6-12-25-13-7-4-8-14-25;/h16-17H,2-15H2,1H3,(H2,20,21,24);1H. The molecule has 1 aromatic rings. The van der Waals surface area contributed by atoms with Crippen LogP contribution in [0.15, 0.2) is 11.3 Å². The topological polar surface area (TPSA) is 70.4 Å². The van der Waals surface area contributed by atoms with Gasteiger partial charge >= 0.3 is 0 Å². The van der Waals surface area contributed by atoms with E-state index in [2.05, 4.69) is 32.5 Å². The van der Waals surface area contributed by atoms with Crippen LogP contribution in [0.5, 0.6) is 0 Å². The van der Waals surface area contributed by atoms with Crippen molar-refractivity contribution in [1.82, 2.24) is 30.3 Å². The summed E-state index contributed by atoms with van der Waals surface area (Å²) in [5.41, 5.74) is 0. The second kappa shape index (κ2) is 12.5. The SMILES string of the molecule is CCNC(=NCCCCCN1CCCCC1)NC1CCc2ncnn2C1.I. The van der Waals surface area contributed by atoms with E-state index in [9.17, 15) is 0 Å². The van der Waals surface area contributed by atoms with Crippen LogP contribution >= 0.6 is 24.0 Å². The van der Waals surface area contributed by atoms with Crippen molar-refractivity contribution in [3.63, 3.8) is 0 Å². The smallest absolute Gasteiger partial charge is 0.191 e. The molecule has 0 amide bonds.